The second kappa shape index (κ2) is 20.7. The summed E-state index contributed by atoms with van der Waals surface area (Å²) in [6, 6.07) is 42.5. The van der Waals surface area contributed by atoms with Gasteiger partial charge in [-0.1, -0.05) is 93.4 Å². The van der Waals surface area contributed by atoms with Crippen LogP contribution in [0.2, 0.25) is 5.02 Å². The maximum absolute atomic E-state index is 5.52. The van der Waals surface area contributed by atoms with Gasteiger partial charge in [-0.25, -0.2) is 12.2 Å². The first-order valence-electron chi connectivity index (χ1n) is 15.3. The Hall–Kier alpha value is -2.54. The Bertz CT molecular complexity index is 1570. The third-order valence-corrected chi connectivity index (χ3v) is 7.61. The molecule has 0 spiro atoms. The zero-order valence-electron chi connectivity index (χ0n) is 28.3. The van der Waals surface area contributed by atoms with Crippen molar-refractivity contribution in [3.8, 4) is 11.1 Å². The van der Waals surface area contributed by atoms with Gasteiger partial charge in [0.05, 0.1) is 0 Å². The van der Waals surface area contributed by atoms with Gasteiger partial charge >= 0.3 is 28.4 Å². The molecule has 0 saturated carbocycles. The Kier molecular flexibility index (Phi) is 18.8. The molecule has 0 radical (unpaired) electrons. The zero-order chi connectivity index (χ0) is 32.9. The topological polar surface area (TPSA) is 0 Å². The molecule has 0 N–H and O–H groups in total. The molecule has 0 saturated heterocycles. The maximum Gasteiger partial charge on any atom is -0.0801 e. The normalized spacial score (nSPS) is 11.6. The van der Waals surface area contributed by atoms with Gasteiger partial charge in [0.25, 0.3) is 0 Å². The number of benzene rings is 5. The van der Waals surface area contributed by atoms with E-state index in [1.54, 1.807) is 24.3 Å². The summed E-state index contributed by atoms with van der Waals surface area (Å²) in [7, 11) is 0. The van der Waals surface area contributed by atoms with Crippen molar-refractivity contribution in [1.29, 1.82) is 0 Å². The smallest absolute Gasteiger partial charge is 0.0801 e. The largest absolute Gasteiger partial charge is 0.147 e. The summed E-state index contributed by atoms with van der Waals surface area (Å²) in [5, 5.41) is 3.20. The molecule has 246 valence electrons. The van der Waals surface area contributed by atoms with Crippen molar-refractivity contribution in [3.05, 3.63) is 167 Å². The summed E-state index contributed by atoms with van der Waals surface area (Å²) in [6.45, 7) is 13.6. The van der Waals surface area contributed by atoms with Crippen LogP contribution in [0.15, 0.2) is 115 Å². The monoisotopic (exact) mass is 756 g/mol. The van der Waals surface area contributed by atoms with Crippen LogP contribution in [-0.4, -0.2) is 4.21 Å². The average Bonchev–Trinajstić information content (AvgIpc) is 3.74. The third-order valence-electron chi connectivity index (χ3n) is 7.36. The van der Waals surface area contributed by atoms with Crippen LogP contribution in [0.3, 0.4) is 0 Å². The molecule has 5 aromatic carbocycles. The molecule has 0 aromatic heterocycles. The molecule has 7 rings (SSSR count). The molecular formula is C43H45Cl3Zr-4. The molecule has 5 aromatic rings. The van der Waals surface area contributed by atoms with Crippen LogP contribution in [0.5, 0.6) is 0 Å². The number of hydrogen-bond acceptors (Lipinski definition) is 0. The van der Waals surface area contributed by atoms with Crippen LogP contribution < -0.4 is 0 Å². The molecular weight excluding hydrogens is 714 g/mol. The van der Waals surface area contributed by atoms with Gasteiger partial charge in [-0.3, -0.25) is 6.08 Å². The summed E-state index contributed by atoms with van der Waals surface area (Å²) >= 11 is 6.82. The Morgan fingerprint density at radius 2 is 1.36 bits per heavy atom. The van der Waals surface area contributed by atoms with E-state index in [0.29, 0.717) is 0 Å². The van der Waals surface area contributed by atoms with Gasteiger partial charge in [0.1, 0.15) is 0 Å². The maximum atomic E-state index is 5.52. The quantitative estimate of drug-likeness (QED) is 0.135. The molecule has 0 amide bonds. The van der Waals surface area contributed by atoms with Crippen LogP contribution >= 0.6 is 36.4 Å². The van der Waals surface area contributed by atoms with Crippen molar-refractivity contribution in [2.24, 2.45) is 0 Å². The summed E-state index contributed by atoms with van der Waals surface area (Å²) in [4.78, 5) is 0. The first-order chi connectivity index (χ1) is 21.5. The predicted molar refractivity (Wildman–Crippen MR) is 207 cm³/mol. The third kappa shape index (κ3) is 13.5. The van der Waals surface area contributed by atoms with Crippen molar-refractivity contribution in [2.45, 2.75) is 65.2 Å². The first kappa shape index (κ1) is 42.5. The van der Waals surface area contributed by atoms with Gasteiger partial charge in [-0.05, 0) is 17.4 Å². The van der Waals surface area contributed by atoms with Crippen LogP contribution in [-0.2, 0) is 41.5 Å². The first-order valence-corrected chi connectivity index (χ1v) is 17.4. The van der Waals surface area contributed by atoms with Gasteiger partial charge in [0.15, 0.2) is 0 Å². The minimum Gasteiger partial charge on any atom is -0.147 e. The van der Waals surface area contributed by atoms with Gasteiger partial charge in [0.2, 0.25) is 0 Å². The fourth-order valence-corrected chi connectivity index (χ4v) is 4.88. The van der Waals surface area contributed by atoms with Crippen molar-refractivity contribution in [1.82, 2.24) is 0 Å². The van der Waals surface area contributed by atoms with Gasteiger partial charge < -0.3 is 0 Å². The molecule has 4 heteroatoms. The minimum atomic E-state index is 0. The fourth-order valence-electron chi connectivity index (χ4n) is 4.76. The fraction of sp³-hybridized carbons (Fsp3) is 0.233. The van der Waals surface area contributed by atoms with Crippen molar-refractivity contribution < 1.29 is 24.2 Å². The van der Waals surface area contributed by atoms with Crippen molar-refractivity contribution in [2.75, 3.05) is 0 Å². The van der Waals surface area contributed by atoms with Crippen LogP contribution in [0.1, 0.15) is 70.2 Å². The number of hydrogen-bond donors (Lipinski definition) is 0. The van der Waals surface area contributed by atoms with E-state index in [-0.39, 0.29) is 35.6 Å². The molecule has 2 aliphatic carbocycles. The molecule has 0 fully saturated rings. The molecule has 2 aliphatic rings. The van der Waals surface area contributed by atoms with Gasteiger partial charge in [-0.2, -0.15) is 65.7 Å². The van der Waals surface area contributed by atoms with Crippen molar-refractivity contribution in [3.63, 3.8) is 0 Å². The molecule has 0 nitrogen and oxygen atoms in total. The van der Waals surface area contributed by atoms with E-state index in [0.717, 1.165) is 17.9 Å². The second-order valence-electron chi connectivity index (χ2n) is 12.8. The summed E-state index contributed by atoms with van der Waals surface area (Å²) in [5.41, 5.74) is 8.76. The standard InChI is InChI=1S/C21H25.C10H7.C6H4Cl.C5H5.CH2.2ClH.Zr/c1-20(2,3)16-9-7-14-11-15-8-10-17(21(4,5)6)13-19(15)18(14)12-16;1-2-6-10-8-4-3-7-9(10)5-1;7-6-4-2-1-3-5-6;1-2-4-5-3-1;;;;/h7,9-10,12-13H,11H2,1-6H3;1-7H;2-5H;1-3H,4H2;1H2;2*1H;/q4*-1;;;;. The Labute approximate surface area is 316 Å². The summed E-state index contributed by atoms with van der Waals surface area (Å²) in [6.07, 6.45) is 11.0. The van der Waals surface area contributed by atoms with E-state index in [9.17, 15) is 0 Å². The SMILES string of the molecule is CC(C)(C)c1c[c-]c2c(c1)-c1cc(C(C)(C)C)ccc1C2.Cl.Cl.Clc1cc[c-]cc1.[C-]1=CC=CC1.[CH2]=[Zr].[c-]1cccc2ccccc12. The Morgan fingerprint density at radius 1 is 0.723 bits per heavy atom. The van der Waals surface area contributed by atoms with E-state index in [1.807, 2.05) is 36.4 Å². The van der Waals surface area contributed by atoms with E-state index in [1.165, 1.54) is 68.4 Å². The molecule has 47 heavy (non-hydrogen) atoms. The molecule has 0 unspecified atom stereocenters. The van der Waals surface area contributed by atoms with Gasteiger partial charge in [0, 0.05) is 0 Å². The summed E-state index contributed by atoms with van der Waals surface area (Å²) in [5.74, 6) is 0. The molecule has 0 bridgehead atoms. The zero-order valence-corrected chi connectivity index (χ0v) is 33.1. The van der Waals surface area contributed by atoms with Gasteiger partial charge in [-0.15, -0.1) is 95.6 Å². The minimum absolute atomic E-state index is 0. The van der Waals surface area contributed by atoms with Crippen LogP contribution in [0.4, 0.5) is 0 Å². The summed E-state index contributed by atoms with van der Waals surface area (Å²) < 4.78 is 3.34. The Balaban J connectivity index is 0.000000352. The number of rotatable bonds is 0. The molecule has 0 heterocycles. The second-order valence-corrected chi connectivity index (χ2v) is 13.2. The molecule has 0 atom stereocenters. The van der Waals surface area contributed by atoms with E-state index in [4.69, 9.17) is 11.6 Å². The van der Waals surface area contributed by atoms with Crippen LogP contribution in [0.25, 0.3) is 21.9 Å². The van der Waals surface area contributed by atoms with Crippen molar-refractivity contribution >= 4 is 51.4 Å². The number of halogens is 3. The molecule has 0 aliphatic heterocycles. The Morgan fingerprint density at radius 3 is 1.89 bits per heavy atom. The van der Waals surface area contributed by atoms with Crippen LogP contribution in [0, 0.1) is 24.3 Å². The van der Waals surface area contributed by atoms with E-state index in [2.05, 4.69) is 125 Å². The number of fused-ring (bicyclic) bond motifs is 4. The number of allylic oxidation sites excluding steroid dienone is 4. The van der Waals surface area contributed by atoms with E-state index >= 15 is 0 Å². The van der Waals surface area contributed by atoms with E-state index < -0.39 is 0 Å². The average molecular weight is 759 g/mol. The predicted octanol–water partition coefficient (Wildman–Crippen LogP) is 12.5.